The van der Waals surface area contributed by atoms with E-state index in [0.717, 1.165) is 12.1 Å². The molecule has 1 aliphatic rings. The van der Waals surface area contributed by atoms with Gasteiger partial charge in [0.25, 0.3) is 0 Å². The lowest BCUT2D eigenvalue weighted by atomic mass is 9.99. The van der Waals surface area contributed by atoms with Crippen LogP contribution in [-0.2, 0) is 14.8 Å². The number of nitrogens with one attached hydrogen (secondary N) is 1. The second-order valence-corrected chi connectivity index (χ2v) is 9.01. The molecular formula is C20H18F2N4O4S. The van der Waals surface area contributed by atoms with Gasteiger partial charge in [0, 0.05) is 18.7 Å². The van der Waals surface area contributed by atoms with Crippen LogP contribution in [0.5, 0.6) is 0 Å². The van der Waals surface area contributed by atoms with E-state index >= 15 is 0 Å². The number of benzene rings is 2. The smallest absolute Gasteiger partial charge is 0.322 e. The van der Waals surface area contributed by atoms with E-state index in [1.165, 1.54) is 34.6 Å². The minimum absolute atomic E-state index is 0.0313. The molecule has 162 valence electrons. The zero-order valence-corrected chi connectivity index (χ0v) is 17.0. The summed E-state index contributed by atoms with van der Waals surface area (Å²) in [6.45, 7) is 0.226. The fourth-order valence-electron chi connectivity index (χ4n) is 3.35. The maximum atomic E-state index is 13.4. The molecule has 11 heteroatoms. The number of rotatable bonds is 5. The average Bonchev–Trinajstić information content (AvgIpc) is 3.23. The average molecular weight is 448 g/mol. The molecule has 1 aliphatic heterocycles. The van der Waals surface area contributed by atoms with Crippen molar-refractivity contribution in [3.05, 3.63) is 60.2 Å². The van der Waals surface area contributed by atoms with E-state index in [9.17, 15) is 22.0 Å². The number of piperidine rings is 1. The Hall–Kier alpha value is -3.18. The quantitative estimate of drug-likeness (QED) is 0.643. The fraction of sp³-hybridized carbons (Fsp3) is 0.250. The third-order valence-electron chi connectivity index (χ3n) is 4.93. The Morgan fingerprint density at radius 3 is 2.61 bits per heavy atom. The Morgan fingerprint density at radius 2 is 1.87 bits per heavy atom. The predicted molar refractivity (Wildman–Crippen MR) is 106 cm³/mol. The first-order valence-electron chi connectivity index (χ1n) is 9.49. The van der Waals surface area contributed by atoms with Crippen molar-refractivity contribution in [1.29, 1.82) is 0 Å². The molecule has 0 saturated carbocycles. The topological polar surface area (TPSA) is 105 Å². The highest BCUT2D eigenvalue weighted by molar-refractivity contribution is 7.89. The van der Waals surface area contributed by atoms with Crippen LogP contribution in [0.1, 0.15) is 12.8 Å². The van der Waals surface area contributed by atoms with Crippen molar-refractivity contribution in [2.45, 2.75) is 17.7 Å². The number of hydrogen-bond acceptors (Lipinski definition) is 6. The molecule has 1 fully saturated rings. The maximum absolute atomic E-state index is 13.4. The summed E-state index contributed by atoms with van der Waals surface area (Å²) >= 11 is 0. The van der Waals surface area contributed by atoms with Gasteiger partial charge >= 0.3 is 6.01 Å². The van der Waals surface area contributed by atoms with Crippen LogP contribution < -0.4 is 5.32 Å². The number of carbonyl (C=O) groups is 1. The molecule has 2 aromatic carbocycles. The minimum Gasteiger partial charge on any atom is -0.403 e. The number of sulfonamides is 1. The van der Waals surface area contributed by atoms with Crippen molar-refractivity contribution in [2.75, 3.05) is 18.4 Å². The monoisotopic (exact) mass is 448 g/mol. The molecule has 3 aromatic rings. The van der Waals surface area contributed by atoms with Crippen LogP contribution in [0.4, 0.5) is 14.8 Å². The van der Waals surface area contributed by atoms with E-state index in [-0.39, 0.29) is 29.9 Å². The standard InChI is InChI=1S/C20H18F2N4O4S/c21-15-6-8-17(9-7-15)31(28,29)26-10-2-4-14(12-26)18(27)23-20-25-24-19(30-20)13-3-1-5-16(22)11-13/h1,3,5-9,11,14H,2,4,10,12H2,(H,23,25,27). The molecule has 1 unspecified atom stereocenters. The molecule has 1 saturated heterocycles. The van der Waals surface area contributed by atoms with Crippen LogP contribution in [0.3, 0.4) is 0 Å². The highest BCUT2D eigenvalue weighted by Crippen LogP contribution is 2.26. The molecule has 0 spiro atoms. The second kappa shape index (κ2) is 8.52. The van der Waals surface area contributed by atoms with Crippen LogP contribution in [0.2, 0.25) is 0 Å². The minimum atomic E-state index is -3.85. The molecule has 0 radical (unpaired) electrons. The van der Waals surface area contributed by atoms with Gasteiger partial charge in [-0.2, -0.15) is 4.31 Å². The molecule has 1 N–H and O–H groups in total. The van der Waals surface area contributed by atoms with Crippen LogP contribution in [0.15, 0.2) is 57.8 Å². The van der Waals surface area contributed by atoms with Gasteiger partial charge in [-0.25, -0.2) is 17.2 Å². The highest BCUT2D eigenvalue weighted by atomic mass is 32.2. The predicted octanol–water partition coefficient (Wildman–Crippen LogP) is 3.05. The summed E-state index contributed by atoms with van der Waals surface area (Å²) in [6.07, 6.45) is 0.961. The Bertz CT molecular complexity index is 1200. The van der Waals surface area contributed by atoms with Gasteiger partial charge in [-0.1, -0.05) is 11.2 Å². The first kappa shape index (κ1) is 21.1. The zero-order chi connectivity index (χ0) is 22.0. The van der Waals surface area contributed by atoms with E-state index < -0.39 is 33.5 Å². The molecule has 1 amide bonds. The number of nitrogens with zero attached hydrogens (tertiary/aromatic N) is 3. The van der Waals surface area contributed by atoms with E-state index in [1.54, 1.807) is 6.07 Å². The van der Waals surface area contributed by atoms with Gasteiger partial charge in [0.1, 0.15) is 11.6 Å². The van der Waals surface area contributed by atoms with Gasteiger partial charge in [0.15, 0.2) is 0 Å². The number of amides is 1. The second-order valence-electron chi connectivity index (χ2n) is 7.07. The lowest BCUT2D eigenvalue weighted by molar-refractivity contribution is -0.121. The van der Waals surface area contributed by atoms with Gasteiger partial charge in [-0.05, 0) is 55.3 Å². The molecule has 2 heterocycles. The van der Waals surface area contributed by atoms with E-state index in [2.05, 4.69) is 15.5 Å². The number of halogens is 2. The summed E-state index contributed by atoms with van der Waals surface area (Å²) in [4.78, 5) is 12.6. The number of carbonyl (C=O) groups excluding carboxylic acids is 1. The number of aromatic nitrogens is 2. The first-order chi connectivity index (χ1) is 14.8. The van der Waals surface area contributed by atoms with Crippen LogP contribution in [0.25, 0.3) is 11.5 Å². The molecule has 0 bridgehead atoms. The van der Waals surface area contributed by atoms with E-state index in [1.807, 2.05) is 0 Å². The van der Waals surface area contributed by atoms with Crippen LogP contribution >= 0.6 is 0 Å². The number of anilines is 1. The maximum Gasteiger partial charge on any atom is 0.322 e. The van der Waals surface area contributed by atoms with Crippen molar-refractivity contribution in [1.82, 2.24) is 14.5 Å². The Kier molecular flexibility index (Phi) is 5.79. The van der Waals surface area contributed by atoms with Crippen molar-refractivity contribution in [3.63, 3.8) is 0 Å². The third kappa shape index (κ3) is 4.62. The summed E-state index contributed by atoms with van der Waals surface area (Å²) < 4.78 is 58.7. The van der Waals surface area contributed by atoms with Crippen LogP contribution in [-0.4, -0.2) is 41.9 Å². The van der Waals surface area contributed by atoms with Gasteiger partial charge in [0.05, 0.1) is 10.8 Å². The van der Waals surface area contributed by atoms with E-state index in [4.69, 9.17) is 4.42 Å². The largest absolute Gasteiger partial charge is 0.403 e. The van der Waals surface area contributed by atoms with Crippen molar-refractivity contribution >= 4 is 21.9 Å². The molecule has 1 atom stereocenters. The van der Waals surface area contributed by atoms with Crippen molar-refractivity contribution in [3.8, 4) is 11.5 Å². The SMILES string of the molecule is O=C(Nc1nnc(-c2cccc(F)c2)o1)C1CCCN(S(=O)(=O)c2ccc(F)cc2)C1. The summed E-state index contributed by atoms with van der Waals surface area (Å²) in [5, 5.41) is 10.0. The Labute approximate surface area is 176 Å². The lowest BCUT2D eigenvalue weighted by Gasteiger charge is -2.30. The first-order valence-corrected chi connectivity index (χ1v) is 10.9. The van der Waals surface area contributed by atoms with Crippen LogP contribution in [0, 0.1) is 17.6 Å². The van der Waals surface area contributed by atoms with Crippen molar-refractivity contribution in [2.24, 2.45) is 5.92 Å². The summed E-state index contributed by atoms with van der Waals surface area (Å²) in [5.41, 5.74) is 0.363. The summed E-state index contributed by atoms with van der Waals surface area (Å²) in [6, 6.07) is 9.95. The van der Waals surface area contributed by atoms with Gasteiger partial charge < -0.3 is 4.42 Å². The van der Waals surface area contributed by atoms with Gasteiger partial charge in [0.2, 0.25) is 21.8 Å². The molecule has 31 heavy (non-hydrogen) atoms. The molecular weight excluding hydrogens is 430 g/mol. The zero-order valence-electron chi connectivity index (χ0n) is 16.2. The molecule has 0 aliphatic carbocycles. The van der Waals surface area contributed by atoms with Gasteiger partial charge in [-0.15, -0.1) is 5.10 Å². The molecule has 8 nitrogen and oxygen atoms in total. The lowest BCUT2D eigenvalue weighted by Crippen LogP contribution is -2.43. The molecule has 4 rings (SSSR count). The third-order valence-corrected chi connectivity index (χ3v) is 6.81. The normalized spacial score (nSPS) is 17.4. The number of hydrogen-bond donors (Lipinski definition) is 1. The van der Waals surface area contributed by atoms with Crippen molar-refractivity contribution < 1.29 is 26.4 Å². The Balaban J connectivity index is 1.44. The highest BCUT2D eigenvalue weighted by Gasteiger charge is 2.33. The van der Waals surface area contributed by atoms with Gasteiger partial charge in [-0.3, -0.25) is 10.1 Å². The molecule has 1 aromatic heterocycles. The Morgan fingerprint density at radius 1 is 1.10 bits per heavy atom. The summed E-state index contributed by atoms with van der Waals surface area (Å²) in [5.74, 6) is -2.06. The summed E-state index contributed by atoms with van der Waals surface area (Å²) in [7, 11) is -3.85. The fourth-order valence-corrected chi connectivity index (χ4v) is 4.87. The van der Waals surface area contributed by atoms with E-state index in [0.29, 0.717) is 18.4 Å².